The Labute approximate surface area is 149 Å². The number of aromatic nitrogens is 1. The zero-order chi connectivity index (χ0) is 16.4. The molecule has 0 aromatic carbocycles. The molecule has 5 nitrogen and oxygen atoms in total. The molecular weight excluding hydrogens is 342 g/mol. The van der Waals surface area contributed by atoms with Crippen LogP contribution in [0.1, 0.15) is 28.2 Å². The van der Waals surface area contributed by atoms with Gasteiger partial charge in [0.2, 0.25) is 0 Å². The molecule has 0 saturated carbocycles. The van der Waals surface area contributed by atoms with E-state index in [1.807, 2.05) is 33.3 Å². The third kappa shape index (κ3) is 3.39. The van der Waals surface area contributed by atoms with Gasteiger partial charge in [-0.15, -0.1) is 11.3 Å². The van der Waals surface area contributed by atoms with Crippen LogP contribution in [0, 0.1) is 0 Å². The number of hydrogen-bond acceptors (Lipinski definition) is 6. The number of rotatable bonds is 3. The molecule has 1 amide bonds. The van der Waals surface area contributed by atoms with E-state index < -0.39 is 0 Å². The van der Waals surface area contributed by atoms with Gasteiger partial charge >= 0.3 is 0 Å². The molecule has 1 spiro atoms. The highest BCUT2D eigenvalue weighted by Gasteiger charge is 2.40. The fraction of sp³-hybridized carbons (Fsp3) is 0.529. The van der Waals surface area contributed by atoms with Gasteiger partial charge in [-0.05, 0) is 24.3 Å². The van der Waals surface area contributed by atoms with Crippen molar-refractivity contribution in [2.45, 2.75) is 25.0 Å². The van der Waals surface area contributed by atoms with Gasteiger partial charge in [0.1, 0.15) is 5.01 Å². The zero-order valence-electron chi connectivity index (χ0n) is 13.5. The maximum absolute atomic E-state index is 12.5. The van der Waals surface area contributed by atoms with E-state index in [0.29, 0.717) is 0 Å². The standard InChI is InChI=1S/C17H21N3O2S2/c21-16(14-1-9-23-12-14)20-5-2-17(3-6-20)13-19(7-8-22-17)11-15-18-4-10-24-15/h1,4,9-10,12H,2-3,5-8,11,13H2. The predicted octanol–water partition coefficient (Wildman–Crippen LogP) is 2.71. The summed E-state index contributed by atoms with van der Waals surface area (Å²) in [5.41, 5.74) is 0.715. The number of thiophene rings is 1. The topological polar surface area (TPSA) is 45.7 Å². The Morgan fingerprint density at radius 2 is 2.17 bits per heavy atom. The van der Waals surface area contributed by atoms with Crippen molar-refractivity contribution in [3.8, 4) is 0 Å². The van der Waals surface area contributed by atoms with Crippen LogP contribution in [0.25, 0.3) is 0 Å². The summed E-state index contributed by atoms with van der Waals surface area (Å²) in [7, 11) is 0. The summed E-state index contributed by atoms with van der Waals surface area (Å²) in [5.74, 6) is 0.154. The number of likely N-dealkylation sites (tertiary alicyclic amines) is 1. The number of carbonyl (C=O) groups excluding carboxylic acids is 1. The first-order valence-corrected chi connectivity index (χ1v) is 10.1. The first-order chi connectivity index (χ1) is 11.7. The highest BCUT2D eigenvalue weighted by Crippen LogP contribution is 2.31. The highest BCUT2D eigenvalue weighted by molar-refractivity contribution is 7.09. The van der Waals surface area contributed by atoms with Crippen LogP contribution in [-0.4, -0.2) is 59.1 Å². The predicted molar refractivity (Wildman–Crippen MR) is 95.5 cm³/mol. The van der Waals surface area contributed by atoms with E-state index in [2.05, 4.69) is 9.88 Å². The molecule has 2 aromatic rings. The van der Waals surface area contributed by atoms with Crippen LogP contribution in [0.3, 0.4) is 0 Å². The molecule has 0 N–H and O–H groups in total. The number of amides is 1. The normalized spacial score (nSPS) is 21.2. The highest BCUT2D eigenvalue weighted by atomic mass is 32.1. The maximum Gasteiger partial charge on any atom is 0.254 e. The van der Waals surface area contributed by atoms with Crippen molar-refractivity contribution >= 4 is 28.6 Å². The fourth-order valence-electron chi connectivity index (χ4n) is 3.57. The summed E-state index contributed by atoms with van der Waals surface area (Å²) in [4.78, 5) is 21.3. The molecule has 0 unspecified atom stereocenters. The van der Waals surface area contributed by atoms with E-state index in [4.69, 9.17) is 4.74 Å². The number of thiazole rings is 1. The third-order valence-electron chi connectivity index (χ3n) is 4.90. The monoisotopic (exact) mass is 363 g/mol. The Hall–Kier alpha value is -1.28. The van der Waals surface area contributed by atoms with E-state index in [-0.39, 0.29) is 11.5 Å². The number of ether oxygens (including phenoxy) is 1. The number of morpholine rings is 1. The molecule has 7 heteroatoms. The molecule has 24 heavy (non-hydrogen) atoms. The van der Waals surface area contributed by atoms with E-state index in [1.165, 1.54) is 0 Å². The minimum Gasteiger partial charge on any atom is -0.372 e. The second-order valence-electron chi connectivity index (χ2n) is 6.47. The molecular formula is C17H21N3O2S2. The summed E-state index contributed by atoms with van der Waals surface area (Å²) in [6.07, 6.45) is 3.69. The maximum atomic E-state index is 12.5. The first-order valence-electron chi connectivity index (χ1n) is 8.30. The zero-order valence-corrected chi connectivity index (χ0v) is 15.2. The molecule has 2 aliphatic heterocycles. The summed E-state index contributed by atoms with van der Waals surface area (Å²) in [6, 6.07) is 1.91. The van der Waals surface area contributed by atoms with E-state index in [9.17, 15) is 4.79 Å². The molecule has 2 aromatic heterocycles. The average Bonchev–Trinajstić information content (AvgIpc) is 3.29. The Morgan fingerprint density at radius 1 is 1.29 bits per heavy atom. The van der Waals surface area contributed by atoms with Crippen molar-refractivity contribution < 1.29 is 9.53 Å². The van der Waals surface area contributed by atoms with Crippen molar-refractivity contribution in [3.05, 3.63) is 39.0 Å². The van der Waals surface area contributed by atoms with Crippen LogP contribution in [0.4, 0.5) is 0 Å². The minimum absolute atomic E-state index is 0.0963. The Kier molecular flexibility index (Phi) is 4.67. The Balaban J connectivity index is 1.36. The summed E-state index contributed by atoms with van der Waals surface area (Å²) >= 11 is 3.28. The van der Waals surface area contributed by atoms with Crippen LogP contribution < -0.4 is 0 Å². The molecule has 0 bridgehead atoms. The lowest BCUT2D eigenvalue weighted by atomic mass is 9.89. The van der Waals surface area contributed by atoms with Gasteiger partial charge in [0, 0.05) is 43.1 Å². The summed E-state index contributed by atoms with van der Waals surface area (Å²) in [6.45, 7) is 5.12. The Morgan fingerprint density at radius 3 is 2.88 bits per heavy atom. The van der Waals surface area contributed by atoms with Crippen molar-refractivity contribution in [3.63, 3.8) is 0 Å². The van der Waals surface area contributed by atoms with Gasteiger partial charge in [0.05, 0.1) is 24.3 Å². The van der Waals surface area contributed by atoms with Gasteiger partial charge in [-0.3, -0.25) is 9.69 Å². The third-order valence-corrected chi connectivity index (χ3v) is 6.35. The quantitative estimate of drug-likeness (QED) is 0.841. The van der Waals surface area contributed by atoms with Crippen LogP contribution >= 0.6 is 22.7 Å². The largest absolute Gasteiger partial charge is 0.372 e. The van der Waals surface area contributed by atoms with Gasteiger partial charge in [-0.1, -0.05) is 0 Å². The van der Waals surface area contributed by atoms with E-state index in [0.717, 1.165) is 62.7 Å². The molecule has 128 valence electrons. The summed E-state index contributed by atoms with van der Waals surface area (Å²) in [5, 5.41) is 7.08. The number of hydrogen-bond donors (Lipinski definition) is 0. The molecule has 4 heterocycles. The van der Waals surface area contributed by atoms with Gasteiger partial charge in [-0.2, -0.15) is 11.3 Å². The van der Waals surface area contributed by atoms with E-state index >= 15 is 0 Å². The lowest BCUT2D eigenvalue weighted by molar-refractivity contribution is -0.134. The smallest absolute Gasteiger partial charge is 0.254 e. The second-order valence-corrected chi connectivity index (χ2v) is 8.23. The van der Waals surface area contributed by atoms with Crippen LogP contribution in [0.5, 0.6) is 0 Å². The van der Waals surface area contributed by atoms with Gasteiger partial charge in [0.25, 0.3) is 5.91 Å². The minimum atomic E-state index is -0.0963. The van der Waals surface area contributed by atoms with Gasteiger partial charge in [-0.25, -0.2) is 4.98 Å². The first kappa shape index (κ1) is 16.2. The molecule has 0 atom stereocenters. The fourth-order valence-corrected chi connectivity index (χ4v) is 4.86. The summed E-state index contributed by atoms with van der Waals surface area (Å²) < 4.78 is 6.18. The number of carbonyl (C=O) groups is 1. The van der Waals surface area contributed by atoms with Gasteiger partial charge in [0.15, 0.2) is 0 Å². The van der Waals surface area contributed by atoms with Gasteiger partial charge < -0.3 is 9.64 Å². The lowest BCUT2D eigenvalue weighted by Gasteiger charge is -2.47. The molecule has 2 aliphatic rings. The average molecular weight is 364 g/mol. The molecule has 2 fully saturated rings. The second kappa shape index (κ2) is 6.92. The van der Waals surface area contributed by atoms with Crippen molar-refractivity contribution in [1.82, 2.24) is 14.8 Å². The SMILES string of the molecule is O=C(c1ccsc1)N1CCC2(CC1)CN(Cc1nccs1)CCO2. The number of piperidine rings is 1. The van der Waals surface area contributed by atoms with E-state index in [1.54, 1.807) is 22.7 Å². The van der Waals surface area contributed by atoms with Crippen molar-refractivity contribution in [2.24, 2.45) is 0 Å². The van der Waals surface area contributed by atoms with Crippen LogP contribution in [-0.2, 0) is 11.3 Å². The molecule has 0 radical (unpaired) electrons. The molecule has 0 aliphatic carbocycles. The molecule has 4 rings (SSSR count). The van der Waals surface area contributed by atoms with Crippen molar-refractivity contribution in [2.75, 3.05) is 32.8 Å². The van der Waals surface area contributed by atoms with Crippen LogP contribution in [0.2, 0.25) is 0 Å². The van der Waals surface area contributed by atoms with Crippen LogP contribution in [0.15, 0.2) is 28.4 Å². The number of nitrogens with zero attached hydrogens (tertiary/aromatic N) is 3. The van der Waals surface area contributed by atoms with Crippen molar-refractivity contribution in [1.29, 1.82) is 0 Å². The lowest BCUT2D eigenvalue weighted by Crippen LogP contribution is -2.57. The molecule has 2 saturated heterocycles. The Bertz CT molecular complexity index is 664.